The van der Waals surface area contributed by atoms with Crippen LogP contribution in [0.1, 0.15) is 31.2 Å². The van der Waals surface area contributed by atoms with Crippen LogP contribution in [0.25, 0.3) is 0 Å². The van der Waals surface area contributed by atoms with E-state index < -0.39 is 16.1 Å². The largest absolute Gasteiger partial charge is 0.476 e. The molecule has 2 aromatic carbocycles. The molecule has 0 spiro atoms. The van der Waals surface area contributed by atoms with Crippen molar-refractivity contribution in [3.8, 4) is 5.75 Å². The summed E-state index contributed by atoms with van der Waals surface area (Å²) in [6.45, 7) is 2.31. The minimum Gasteiger partial charge on any atom is -0.476 e. The zero-order valence-electron chi connectivity index (χ0n) is 17.0. The number of allylic oxidation sites excluding steroid dienone is 1. The summed E-state index contributed by atoms with van der Waals surface area (Å²) in [5, 5.41) is 2.92. The van der Waals surface area contributed by atoms with Crippen molar-refractivity contribution >= 4 is 21.6 Å². The zero-order chi connectivity index (χ0) is 21.1. The van der Waals surface area contributed by atoms with E-state index in [1.165, 1.54) is 16.3 Å². The summed E-state index contributed by atoms with van der Waals surface area (Å²) in [6.07, 6.45) is 5.62. The molecule has 0 fully saturated rings. The lowest BCUT2D eigenvalue weighted by atomic mass is 10.00. The molecule has 30 heavy (non-hydrogen) atoms. The van der Waals surface area contributed by atoms with Gasteiger partial charge in [0, 0.05) is 6.54 Å². The van der Waals surface area contributed by atoms with E-state index in [0.29, 0.717) is 18.0 Å². The van der Waals surface area contributed by atoms with Gasteiger partial charge in [-0.3, -0.25) is 9.10 Å². The minimum absolute atomic E-state index is 0.0713. The first-order chi connectivity index (χ1) is 14.4. The van der Waals surface area contributed by atoms with E-state index in [1.807, 2.05) is 6.92 Å². The molecule has 1 unspecified atom stereocenters. The zero-order valence-corrected chi connectivity index (χ0v) is 17.8. The van der Waals surface area contributed by atoms with Gasteiger partial charge in [0.05, 0.1) is 17.1 Å². The third-order valence-electron chi connectivity index (χ3n) is 5.51. The van der Waals surface area contributed by atoms with Gasteiger partial charge in [0.2, 0.25) is 0 Å². The third-order valence-corrected chi connectivity index (χ3v) is 7.30. The first-order valence-corrected chi connectivity index (χ1v) is 11.7. The number of aryl methyl sites for hydroxylation is 1. The highest BCUT2D eigenvalue weighted by atomic mass is 32.2. The highest BCUT2D eigenvalue weighted by Gasteiger charge is 2.37. The number of benzene rings is 2. The number of hydrogen-bond acceptors (Lipinski definition) is 4. The first kappa shape index (κ1) is 20.5. The van der Waals surface area contributed by atoms with Gasteiger partial charge in [-0.1, -0.05) is 41.5 Å². The van der Waals surface area contributed by atoms with Crippen LogP contribution >= 0.6 is 0 Å². The topological polar surface area (TPSA) is 75.7 Å². The third kappa shape index (κ3) is 4.21. The number of nitrogens with one attached hydrogen (secondary N) is 1. The van der Waals surface area contributed by atoms with Crippen LogP contribution in [-0.4, -0.2) is 33.5 Å². The van der Waals surface area contributed by atoms with Gasteiger partial charge in [-0.2, -0.15) is 0 Å². The van der Waals surface area contributed by atoms with E-state index in [2.05, 4.69) is 11.4 Å². The van der Waals surface area contributed by atoms with Gasteiger partial charge in [0.1, 0.15) is 5.75 Å². The number of amides is 1. The number of para-hydroxylation sites is 2. The Bertz CT molecular complexity index is 1060. The Morgan fingerprint density at radius 1 is 1.13 bits per heavy atom. The number of anilines is 1. The minimum atomic E-state index is -3.83. The maximum atomic E-state index is 13.4. The van der Waals surface area contributed by atoms with Crippen molar-refractivity contribution < 1.29 is 17.9 Å². The molecule has 7 heteroatoms. The average molecular weight is 427 g/mol. The van der Waals surface area contributed by atoms with Crippen LogP contribution in [0.3, 0.4) is 0 Å². The monoisotopic (exact) mass is 426 g/mol. The molecule has 1 aliphatic carbocycles. The van der Waals surface area contributed by atoms with Crippen molar-refractivity contribution in [2.45, 2.75) is 43.6 Å². The van der Waals surface area contributed by atoms with Crippen molar-refractivity contribution in [2.75, 3.05) is 17.4 Å². The molecule has 158 valence electrons. The smallest absolute Gasteiger partial charge is 0.264 e. The fourth-order valence-electron chi connectivity index (χ4n) is 3.78. The standard InChI is InChI=1S/C23H26N2O4S/c1-17-11-13-19(14-12-17)30(27,28)25-16-22(29-21-10-6-5-9-20(21)25)23(26)24-15-18-7-3-2-4-8-18/h5-7,9-14,22H,2-4,8,15-16H2,1H3,(H,24,26). The highest BCUT2D eigenvalue weighted by Crippen LogP contribution is 2.36. The van der Waals surface area contributed by atoms with E-state index in [1.54, 1.807) is 48.5 Å². The van der Waals surface area contributed by atoms with Gasteiger partial charge >= 0.3 is 0 Å². The fraction of sp³-hybridized carbons (Fsp3) is 0.348. The molecule has 4 rings (SSSR count). The molecule has 1 heterocycles. The molecule has 6 nitrogen and oxygen atoms in total. The van der Waals surface area contributed by atoms with E-state index >= 15 is 0 Å². The summed E-state index contributed by atoms with van der Waals surface area (Å²) >= 11 is 0. The number of ether oxygens (including phenoxy) is 1. The lowest BCUT2D eigenvalue weighted by Gasteiger charge is -2.34. The highest BCUT2D eigenvalue weighted by molar-refractivity contribution is 7.92. The van der Waals surface area contributed by atoms with Gasteiger partial charge in [-0.25, -0.2) is 8.42 Å². The molecule has 0 bridgehead atoms. The number of nitrogens with zero attached hydrogens (tertiary/aromatic N) is 1. The van der Waals surface area contributed by atoms with Crippen molar-refractivity contribution in [3.05, 3.63) is 65.7 Å². The summed E-state index contributed by atoms with van der Waals surface area (Å²) in [4.78, 5) is 13.0. The lowest BCUT2D eigenvalue weighted by molar-refractivity contribution is -0.127. The quantitative estimate of drug-likeness (QED) is 0.742. The number of hydrogen-bond donors (Lipinski definition) is 1. The Labute approximate surface area is 177 Å². The maximum Gasteiger partial charge on any atom is 0.264 e. The fourth-order valence-corrected chi connectivity index (χ4v) is 5.26. The van der Waals surface area contributed by atoms with Gasteiger partial charge in [-0.05, 0) is 56.9 Å². The molecule has 1 aliphatic heterocycles. The second kappa shape index (κ2) is 8.52. The molecule has 0 radical (unpaired) electrons. The Morgan fingerprint density at radius 3 is 2.63 bits per heavy atom. The summed E-state index contributed by atoms with van der Waals surface area (Å²) < 4.78 is 33.9. The molecular weight excluding hydrogens is 400 g/mol. The average Bonchev–Trinajstić information content (AvgIpc) is 2.77. The summed E-state index contributed by atoms with van der Waals surface area (Å²) in [5.74, 6) is 0.0801. The number of sulfonamides is 1. The lowest BCUT2D eigenvalue weighted by Crippen LogP contribution is -2.51. The van der Waals surface area contributed by atoms with Crippen LogP contribution < -0.4 is 14.4 Å². The summed E-state index contributed by atoms with van der Waals surface area (Å²) in [7, 11) is -3.83. The van der Waals surface area contributed by atoms with Crippen LogP contribution in [0.5, 0.6) is 5.75 Å². The van der Waals surface area contributed by atoms with E-state index in [0.717, 1.165) is 24.8 Å². The number of carbonyl (C=O) groups excluding carboxylic acids is 1. The Balaban J connectivity index is 1.58. The van der Waals surface area contributed by atoms with Gasteiger partial charge in [0.25, 0.3) is 15.9 Å². The first-order valence-electron chi connectivity index (χ1n) is 10.3. The summed E-state index contributed by atoms with van der Waals surface area (Å²) in [5.41, 5.74) is 2.64. The van der Waals surface area contributed by atoms with Crippen LogP contribution in [0.4, 0.5) is 5.69 Å². The number of carbonyl (C=O) groups is 1. The SMILES string of the molecule is Cc1ccc(S(=O)(=O)N2CC(C(=O)NCC3=CCCCC3)Oc3ccccc32)cc1. The molecule has 0 aromatic heterocycles. The van der Waals surface area contributed by atoms with E-state index in [-0.39, 0.29) is 17.3 Å². The molecule has 1 atom stereocenters. The Hall–Kier alpha value is -2.80. The van der Waals surface area contributed by atoms with Crippen LogP contribution in [-0.2, 0) is 14.8 Å². The summed E-state index contributed by atoms with van der Waals surface area (Å²) in [6, 6.07) is 13.6. The van der Waals surface area contributed by atoms with Crippen LogP contribution in [0.15, 0.2) is 65.1 Å². The van der Waals surface area contributed by atoms with Crippen molar-refractivity contribution in [3.63, 3.8) is 0 Å². The normalized spacial score (nSPS) is 18.8. The second-order valence-corrected chi connectivity index (χ2v) is 9.61. The maximum absolute atomic E-state index is 13.4. The van der Waals surface area contributed by atoms with Gasteiger partial charge in [-0.15, -0.1) is 0 Å². The molecule has 1 N–H and O–H groups in total. The van der Waals surface area contributed by atoms with E-state index in [4.69, 9.17) is 4.74 Å². The van der Waals surface area contributed by atoms with Crippen molar-refractivity contribution in [1.29, 1.82) is 0 Å². The number of fused-ring (bicyclic) bond motifs is 1. The number of rotatable bonds is 5. The van der Waals surface area contributed by atoms with Crippen molar-refractivity contribution in [1.82, 2.24) is 5.32 Å². The Morgan fingerprint density at radius 2 is 1.90 bits per heavy atom. The van der Waals surface area contributed by atoms with Crippen LogP contribution in [0, 0.1) is 6.92 Å². The van der Waals surface area contributed by atoms with Crippen LogP contribution in [0.2, 0.25) is 0 Å². The van der Waals surface area contributed by atoms with Gasteiger partial charge < -0.3 is 10.1 Å². The van der Waals surface area contributed by atoms with E-state index in [9.17, 15) is 13.2 Å². The predicted molar refractivity (Wildman–Crippen MR) is 116 cm³/mol. The predicted octanol–water partition coefficient (Wildman–Crippen LogP) is 3.57. The Kier molecular flexibility index (Phi) is 5.81. The van der Waals surface area contributed by atoms with Gasteiger partial charge in [0.15, 0.2) is 6.10 Å². The van der Waals surface area contributed by atoms with Crippen molar-refractivity contribution in [2.24, 2.45) is 0 Å². The molecule has 0 saturated heterocycles. The molecular formula is C23H26N2O4S. The molecule has 1 amide bonds. The molecule has 2 aromatic rings. The molecule has 0 saturated carbocycles. The second-order valence-electron chi connectivity index (χ2n) is 7.75. The molecule has 2 aliphatic rings.